The maximum absolute atomic E-state index is 14.3. The molecule has 1 aromatic rings. The quantitative estimate of drug-likeness (QED) is 0.906. The molecule has 0 aromatic heterocycles. The summed E-state index contributed by atoms with van der Waals surface area (Å²) < 4.78 is 34.0. The summed E-state index contributed by atoms with van der Waals surface area (Å²) in [5, 5.41) is 0. The van der Waals surface area contributed by atoms with Crippen molar-refractivity contribution in [1.82, 2.24) is 0 Å². The fourth-order valence-corrected chi connectivity index (χ4v) is 3.35. The van der Waals surface area contributed by atoms with E-state index >= 15 is 0 Å². The Morgan fingerprint density at radius 2 is 2.00 bits per heavy atom. The lowest BCUT2D eigenvalue weighted by atomic mass is 9.89. The largest absolute Gasteiger partial charge is 0.374 e. The first kappa shape index (κ1) is 13.8. The molecule has 1 aliphatic carbocycles. The van der Waals surface area contributed by atoms with Gasteiger partial charge in [-0.25, -0.2) is 8.78 Å². The molecule has 0 amide bonds. The van der Waals surface area contributed by atoms with Gasteiger partial charge in [0.25, 0.3) is 0 Å². The molecule has 5 heteroatoms. The van der Waals surface area contributed by atoms with E-state index in [9.17, 15) is 8.78 Å². The number of benzene rings is 1. The summed E-state index contributed by atoms with van der Waals surface area (Å²) in [5.41, 5.74) is 5.98. The van der Waals surface area contributed by atoms with E-state index in [4.69, 9.17) is 10.5 Å². The molecule has 110 valence electrons. The third kappa shape index (κ3) is 2.29. The zero-order valence-corrected chi connectivity index (χ0v) is 11.4. The van der Waals surface area contributed by atoms with Crippen molar-refractivity contribution < 1.29 is 13.5 Å². The van der Waals surface area contributed by atoms with Gasteiger partial charge in [0.05, 0.1) is 24.4 Å². The van der Waals surface area contributed by atoms with Gasteiger partial charge in [-0.05, 0) is 18.9 Å². The fraction of sp³-hybridized carbons (Fsp3) is 0.600. The molecule has 2 fully saturated rings. The van der Waals surface area contributed by atoms with E-state index in [1.807, 2.05) is 4.90 Å². The lowest BCUT2D eigenvalue weighted by molar-refractivity contribution is -0.00895. The molecule has 0 spiro atoms. The van der Waals surface area contributed by atoms with E-state index in [1.54, 1.807) is 12.1 Å². The average Bonchev–Trinajstić information content (AvgIpc) is 2.50. The first-order valence-electron chi connectivity index (χ1n) is 7.27. The maximum atomic E-state index is 14.3. The first-order chi connectivity index (χ1) is 9.72. The molecule has 1 heterocycles. The fourth-order valence-electron chi connectivity index (χ4n) is 3.35. The van der Waals surface area contributed by atoms with Gasteiger partial charge in [-0.1, -0.05) is 18.9 Å². The molecule has 1 saturated heterocycles. The third-order valence-electron chi connectivity index (χ3n) is 4.40. The van der Waals surface area contributed by atoms with Gasteiger partial charge in [0.1, 0.15) is 0 Å². The Labute approximate surface area is 117 Å². The van der Waals surface area contributed by atoms with E-state index in [1.165, 1.54) is 0 Å². The standard InChI is InChI=1S/C15H20F2N2O/c16-14-10(9-18)5-6-12(15(14)17)19-7-8-20-13-4-2-1-3-11(13)19/h5-6,11,13H,1-4,7-9,18H2. The van der Waals surface area contributed by atoms with Crippen molar-refractivity contribution >= 4 is 5.69 Å². The number of hydrogen-bond acceptors (Lipinski definition) is 3. The van der Waals surface area contributed by atoms with E-state index < -0.39 is 11.6 Å². The van der Waals surface area contributed by atoms with Crippen LogP contribution in [0.2, 0.25) is 0 Å². The minimum Gasteiger partial charge on any atom is -0.374 e. The highest BCUT2D eigenvalue weighted by atomic mass is 19.2. The number of anilines is 1. The first-order valence-corrected chi connectivity index (χ1v) is 7.27. The van der Waals surface area contributed by atoms with E-state index in [0.717, 1.165) is 25.7 Å². The molecule has 2 N–H and O–H groups in total. The van der Waals surface area contributed by atoms with E-state index in [2.05, 4.69) is 0 Å². The molecule has 0 bridgehead atoms. The minimum atomic E-state index is -0.816. The highest BCUT2D eigenvalue weighted by Crippen LogP contribution is 2.34. The van der Waals surface area contributed by atoms with E-state index in [0.29, 0.717) is 18.8 Å². The van der Waals surface area contributed by atoms with Gasteiger partial charge in [-0.15, -0.1) is 0 Å². The van der Waals surface area contributed by atoms with Crippen LogP contribution in [-0.2, 0) is 11.3 Å². The normalized spacial score (nSPS) is 26.4. The third-order valence-corrected chi connectivity index (χ3v) is 4.40. The Hall–Kier alpha value is -1.20. The zero-order valence-electron chi connectivity index (χ0n) is 11.4. The van der Waals surface area contributed by atoms with Crippen LogP contribution in [0.3, 0.4) is 0 Å². The number of rotatable bonds is 2. The maximum Gasteiger partial charge on any atom is 0.182 e. The summed E-state index contributed by atoms with van der Waals surface area (Å²) in [6.07, 6.45) is 4.40. The summed E-state index contributed by atoms with van der Waals surface area (Å²) in [7, 11) is 0. The lowest BCUT2D eigenvalue weighted by Gasteiger charge is -2.45. The number of hydrogen-bond donors (Lipinski definition) is 1. The monoisotopic (exact) mass is 282 g/mol. The number of nitrogens with zero attached hydrogens (tertiary/aromatic N) is 1. The summed E-state index contributed by atoms with van der Waals surface area (Å²) in [5.74, 6) is -1.59. The average molecular weight is 282 g/mol. The van der Waals surface area contributed by atoms with Gasteiger partial charge in [-0.2, -0.15) is 0 Å². The van der Waals surface area contributed by atoms with Crippen molar-refractivity contribution in [2.45, 2.75) is 44.4 Å². The second-order valence-electron chi connectivity index (χ2n) is 5.53. The van der Waals surface area contributed by atoms with Crippen LogP contribution in [-0.4, -0.2) is 25.3 Å². The molecular formula is C15H20F2N2O. The predicted octanol–water partition coefficient (Wildman–Crippen LogP) is 2.57. The van der Waals surface area contributed by atoms with Crippen molar-refractivity contribution in [2.24, 2.45) is 5.73 Å². The Kier molecular flexibility index (Phi) is 3.89. The molecule has 3 rings (SSSR count). The molecule has 2 unspecified atom stereocenters. The van der Waals surface area contributed by atoms with Crippen LogP contribution >= 0.6 is 0 Å². The minimum absolute atomic E-state index is 0.0121. The molecule has 1 saturated carbocycles. The van der Waals surface area contributed by atoms with Crippen LogP contribution < -0.4 is 10.6 Å². The van der Waals surface area contributed by atoms with Crippen LogP contribution in [0.1, 0.15) is 31.2 Å². The van der Waals surface area contributed by atoms with Gasteiger partial charge in [0.2, 0.25) is 0 Å². The van der Waals surface area contributed by atoms with Crippen LogP contribution in [0.15, 0.2) is 12.1 Å². The second-order valence-corrected chi connectivity index (χ2v) is 5.53. The smallest absolute Gasteiger partial charge is 0.182 e. The summed E-state index contributed by atoms with van der Waals surface area (Å²) in [6.45, 7) is 1.19. The lowest BCUT2D eigenvalue weighted by Crippen LogP contribution is -2.53. The molecule has 1 aromatic carbocycles. The predicted molar refractivity (Wildman–Crippen MR) is 73.6 cm³/mol. The molecular weight excluding hydrogens is 262 g/mol. The van der Waals surface area contributed by atoms with Crippen molar-refractivity contribution in [2.75, 3.05) is 18.1 Å². The molecule has 2 aliphatic rings. The van der Waals surface area contributed by atoms with Crippen LogP contribution in [0.4, 0.5) is 14.5 Å². The van der Waals surface area contributed by atoms with Gasteiger partial charge in [-0.3, -0.25) is 0 Å². The molecule has 0 radical (unpaired) electrons. The van der Waals surface area contributed by atoms with Gasteiger partial charge >= 0.3 is 0 Å². The van der Waals surface area contributed by atoms with E-state index in [-0.39, 0.29) is 24.3 Å². The Morgan fingerprint density at radius 1 is 1.20 bits per heavy atom. The number of ether oxygens (including phenoxy) is 1. The van der Waals surface area contributed by atoms with Crippen molar-refractivity contribution in [3.63, 3.8) is 0 Å². The highest BCUT2D eigenvalue weighted by Gasteiger charge is 2.35. The second kappa shape index (κ2) is 5.66. The molecule has 20 heavy (non-hydrogen) atoms. The van der Waals surface area contributed by atoms with Crippen LogP contribution in [0.25, 0.3) is 0 Å². The van der Waals surface area contributed by atoms with Crippen molar-refractivity contribution in [1.29, 1.82) is 0 Å². The number of fused-ring (bicyclic) bond motifs is 1. The Morgan fingerprint density at radius 3 is 2.80 bits per heavy atom. The van der Waals surface area contributed by atoms with Crippen molar-refractivity contribution in [3.05, 3.63) is 29.3 Å². The molecule has 1 aliphatic heterocycles. The van der Waals surface area contributed by atoms with Crippen molar-refractivity contribution in [3.8, 4) is 0 Å². The molecule has 3 nitrogen and oxygen atoms in total. The number of nitrogens with two attached hydrogens (primary N) is 1. The number of morpholine rings is 1. The summed E-state index contributed by atoms with van der Waals surface area (Å²) >= 11 is 0. The van der Waals surface area contributed by atoms with Gasteiger partial charge in [0, 0.05) is 18.7 Å². The van der Waals surface area contributed by atoms with Crippen LogP contribution in [0.5, 0.6) is 0 Å². The molecule has 2 atom stereocenters. The summed E-state index contributed by atoms with van der Waals surface area (Å²) in [4.78, 5) is 1.98. The highest BCUT2D eigenvalue weighted by molar-refractivity contribution is 5.51. The topological polar surface area (TPSA) is 38.5 Å². The summed E-state index contributed by atoms with van der Waals surface area (Å²) in [6, 6.07) is 3.40. The SMILES string of the molecule is NCc1ccc(N2CCOC3CCCCC32)c(F)c1F. The van der Waals surface area contributed by atoms with Gasteiger partial charge < -0.3 is 15.4 Å². The van der Waals surface area contributed by atoms with Gasteiger partial charge in [0.15, 0.2) is 11.6 Å². The van der Waals surface area contributed by atoms with Crippen LogP contribution in [0, 0.1) is 11.6 Å². The Bertz CT molecular complexity index is 493. The zero-order chi connectivity index (χ0) is 14.1. The Balaban J connectivity index is 1.93. The number of halogens is 2.